The van der Waals surface area contributed by atoms with Gasteiger partial charge in [-0.2, -0.15) is 0 Å². The Kier molecular flexibility index (Phi) is 22.9. The summed E-state index contributed by atoms with van der Waals surface area (Å²) in [5.74, 6) is -0.830. The SMILES string of the molecule is O=CO[O-].O=c1c2ccccc2sc2c(O)ccc(F)c12.O=c1c2ccccc2sc2c(OCC(O)CO)ccc(F)c12.OCC(O)CCl.[H-].[K+].[K+]. The van der Waals surface area contributed by atoms with E-state index >= 15 is 0 Å². The summed E-state index contributed by atoms with van der Waals surface area (Å²) in [6, 6.07) is 19.0. The third kappa shape index (κ3) is 13.0. The second-order valence-corrected chi connectivity index (χ2v) is 12.1. The molecule has 0 saturated heterocycles. The number of aromatic hydroxyl groups is 1. The molecule has 6 rings (SSSR count). The molecule has 0 aliphatic heterocycles. The van der Waals surface area contributed by atoms with Gasteiger partial charge in [0.15, 0.2) is 10.9 Å². The van der Waals surface area contributed by atoms with E-state index in [-0.39, 0.29) is 157 Å². The fraction of sp³-hybridized carbons (Fsp3) is 0.182. The predicted octanol–water partition coefficient (Wildman–Crippen LogP) is -2.32. The first kappa shape index (κ1) is 48.0. The summed E-state index contributed by atoms with van der Waals surface area (Å²) in [5, 5.41) is 53.5. The zero-order valence-electron chi connectivity index (χ0n) is 28.1. The number of alkyl halides is 1. The Morgan fingerprint density at radius 2 is 1.24 bits per heavy atom. The Hall–Kier alpha value is -1.05. The summed E-state index contributed by atoms with van der Waals surface area (Å²) >= 11 is 7.51. The van der Waals surface area contributed by atoms with Crippen molar-refractivity contribution < 1.29 is 158 Å². The van der Waals surface area contributed by atoms with Crippen molar-refractivity contribution in [3.63, 3.8) is 0 Å². The van der Waals surface area contributed by atoms with E-state index in [1.165, 1.54) is 40.9 Å². The van der Waals surface area contributed by atoms with Crippen LogP contribution in [0.5, 0.6) is 11.5 Å². The number of aliphatic hydroxyl groups is 4. The number of rotatable bonds is 7. The molecule has 2 unspecified atom stereocenters. The average molecular weight is 817 g/mol. The van der Waals surface area contributed by atoms with Gasteiger partial charge in [0.25, 0.3) is 6.47 Å². The first-order valence-electron chi connectivity index (χ1n) is 14.0. The Bertz CT molecular complexity index is 2160. The molecule has 0 aliphatic rings. The number of benzene rings is 4. The molecule has 0 fully saturated rings. The van der Waals surface area contributed by atoms with Gasteiger partial charge in [-0.1, -0.05) is 24.3 Å². The molecule has 0 bridgehead atoms. The number of carbonyl (C=O) groups is 1. The monoisotopic (exact) mass is 816 g/mol. The molecule has 11 nitrogen and oxygen atoms in total. The van der Waals surface area contributed by atoms with Crippen molar-refractivity contribution >= 4 is 81.1 Å². The van der Waals surface area contributed by atoms with Crippen molar-refractivity contribution in [2.24, 2.45) is 0 Å². The summed E-state index contributed by atoms with van der Waals surface area (Å²) in [4.78, 5) is 35.8. The van der Waals surface area contributed by atoms with Crippen molar-refractivity contribution in [3.8, 4) is 11.5 Å². The normalized spacial score (nSPS) is 11.3. The number of halogens is 3. The fourth-order valence-corrected chi connectivity index (χ4v) is 6.45. The topological polar surface area (TPSA) is 194 Å². The molecule has 18 heteroatoms. The Morgan fingerprint density at radius 1 is 0.784 bits per heavy atom. The minimum atomic E-state index is -1.03. The quantitative estimate of drug-likeness (QED) is 0.0290. The minimum absolute atomic E-state index is 0. The number of phenolic OH excluding ortho intramolecular Hbond substituents is 1. The molecule has 0 amide bonds. The van der Waals surface area contributed by atoms with Gasteiger partial charge in [0.2, 0.25) is 0 Å². The molecule has 262 valence electrons. The van der Waals surface area contributed by atoms with Gasteiger partial charge < -0.3 is 41.8 Å². The molecule has 0 spiro atoms. The summed E-state index contributed by atoms with van der Waals surface area (Å²) in [7, 11) is 0. The molecule has 6 aromatic rings. The van der Waals surface area contributed by atoms with E-state index in [0.717, 1.165) is 15.5 Å². The summed E-state index contributed by atoms with van der Waals surface area (Å²) < 4.78 is 35.3. The summed E-state index contributed by atoms with van der Waals surface area (Å²) in [5.41, 5.74) is -0.752. The second kappa shape index (κ2) is 24.4. The van der Waals surface area contributed by atoms with Gasteiger partial charge in [0.05, 0.1) is 45.4 Å². The van der Waals surface area contributed by atoms with Crippen LogP contribution in [0.3, 0.4) is 0 Å². The molecule has 2 atom stereocenters. The van der Waals surface area contributed by atoms with Gasteiger partial charge in [-0.25, -0.2) is 8.78 Å². The number of hydrogen-bond acceptors (Lipinski definition) is 13. The van der Waals surface area contributed by atoms with Gasteiger partial charge in [-0.15, -0.1) is 34.3 Å². The number of carbonyl (C=O) groups excluding carboxylic acids is 1. The smallest absolute Gasteiger partial charge is 1.00 e. The van der Waals surface area contributed by atoms with Crippen molar-refractivity contribution in [1.82, 2.24) is 0 Å². The molecule has 0 aliphatic carbocycles. The van der Waals surface area contributed by atoms with Crippen molar-refractivity contribution in [1.29, 1.82) is 0 Å². The van der Waals surface area contributed by atoms with E-state index in [1.807, 2.05) is 0 Å². The fourth-order valence-electron chi connectivity index (χ4n) is 4.09. The van der Waals surface area contributed by atoms with Crippen LogP contribution in [0, 0.1) is 11.6 Å². The number of phenols is 1. The average Bonchev–Trinajstić information content (AvgIpc) is 3.13. The summed E-state index contributed by atoms with van der Waals surface area (Å²) in [6.07, 6.45) is -1.77. The maximum absolute atomic E-state index is 14.1. The Balaban J connectivity index is 0.000000772. The largest absolute Gasteiger partial charge is 1.00 e. The third-order valence-electron chi connectivity index (χ3n) is 6.37. The number of ether oxygens (including phenoxy) is 1. The molecule has 4 aromatic carbocycles. The van der Waals surface area contributed by atoms with Crippen LogP contribution in [0.2, 0.25) is 0 Å². The van der Waals surface area contributed by atoms with Crippen LogP contribution in [0.15, 0.2) is 82.4 Å². The predicted molar refractivity (Wildman–Crippen MR) is 183 cm³/mol. The van der Waals surface area contributed by atoms with Crippen LogP contribution in [-0.2, 0) is 9.68 Å². The van der Waals surface area contributed by atoms with Gasteiger partial charge in [0.1, 0.15) is 35.8 Å². The number of fused-ring (bicyclic) bond motifs is 4. The van der Waals surface area contributed by atoms with E-state index in [1.54, 1.807) is 48.5 Å². The van der Waals surface area contributed by atoms with Crippen molar-refractivity contribution in [2.75, 3.05) is 25.7 Å². The standard InChI is InChI=1S/C16H13FO4S.C13H7FO2S.C3H7ClO2.CH2O3.2K.H/c17-11-5-6-12(21-8-9(19)7-18)16-14(11)15(20)10-3-1-2-4-13(10)22-16;14-8-5-6-9(15)13-11(8)12(16)7-3-1-2-4-10(7)17-13;4-1-3(6)2-5;2-1-4-3;;;/h1-6,9,18-19H,7-8H2;1-6,15H;3,5-6H,1-2H2;1,3H;;;/q;;;;2*+1;-1/p-1. The first-order chi connectivity index (χ1) is 23.5. The molecule has 0 saturated carbocycles. The van der Waals surface area contributed by atoms with E-state index in [0.29, 0.717) is 25.9 Å². The van der Waals surface area contributed by atoms with Crippen molar-refractivity contribution in [2.45, 2.75) is 12.2 Å². The second-order valence-electron chi connectivity index (χ2n) is 9.71. The molecule has 51 heavy (non-hydrogen) atoms. The van der Waals surface area contributed by atoms with Gasteiger partial charge >= 0.3 is 103 Å². The molecule has 2 aromatic heterocycles. The van der Waals surface area contributed by atoms with Gasteiger partial charge in [0, 0.05) is 20.2 Å². The first-order valence-corrected chi connectivity index (χ1v) is 16.1. The van der Waals surface area contributed by atoms with Crippen LogP contribution in [0.1, 0.15) is 1.43 Å². The third-order valence-corrected chi connectivity index (χ3v) is 9.10. The van der Waals surface area contributed by atoms with Crippen LogP contribution in [0.4, 0.5) is 8.78 Å². The Labute approximate surface area is 387 Å². The molecule has 0 radical (unpaired) electrons. The van der Waals surface area contributed by atoms with E-state index in [9.17, 15) is 28.6 Å². The molecular weight excluding hydrogens is 788 g/mol. The van der Waals surface area contributed by atoms with E-state index in [2.05, 4.69) is 4.89 Å². The van der Waals surface area contributed by atoms with E-state index < -0.39 is 30.4 Å². The molecule has 2 heterocycles. The Morgan fingerprint density at radius 3 is 1.69 bits per heavy atom. The molecule has 5 N–H and O–H groups in total. The van der Waals surface area contributed by atoms with E-state index in [4.69, 9.17) is 41.7 Å². The maximum atomic E-state index is 14.1. The number of aliphatic hydroxyl groups excluding tert-OH is 4. The van der Waals surface area contributed by atoms with Crippen LogP contribution >= 0.6 is 34.3 Å². The van der Waals surface area contributed by atoms with Gasteiger partial charge in [-0.05, 0) is 48.5 Å². The summed E-state index contributed by atoms with van der Waals surface area (Å²) in [6.45, 7) is -0.993. The van der Waals surface area contributed by atoms with Crippen molar-refractivity contribution in [3.05, 3.63) is 105 Å². The van der Waals surface area contributed by atoms with Crippen LogP contribution in [-0.4, -0.2) is 69.9 Å². The molecular formula is C33H29ClF2K2O11S2. The zero-order valence-corrected chi connectivity index (χ0v) is 35.8. The van der Waals surface area contributed by atoms with Crippen LogP contribution in [0.25, 0.3) is 40.3 Å². The minimum Gasteiger partial charge on any atom is -1.00 e. The maximum Gasteiger partial charge on any atom is 1.00 e. The van der Waals surface area contributed by atoms with Gasteiger partial charge in [-0.3, -0.25) is 14.4 Å². The number of hydrogen-bond donors (Lipinski definition) is 5. The zero-order chi connectivity index (χ0) is 36.1. The van der Waals surface area contributed by atoms with Crippen LogP contribution < -0.4 is 124 Å².